The van der Waals surface area contributed by atoms with Crippen molar-refractivity contribution in [2.45, 2.75) is 35.0 Å². The minimum absolute atomic E-state index is 0.322. The van der Waals surface area contributed by atoms with Gasteiger partial charge in [0.2, 0.25) is 0 Å². The van der Waals surface area contributed by atoms with Crippen LogP contribution >= 0.6 is 34.8 Å². The molecule has 13 heavy (non-hydrogen) atoms. The highest BCUT2D eigenvalue weighted by Gasteiger charge is 2.51. The van der Waals surface area contributed by atoms with Crippen LogP contribution in [0.1, 0.15) is 12.8 Å². The Morgan fingerprint density at radius 1 is 1.23 bits per heavy atom. The molecule has 1 fully saturated rings. The van der Waals surface area contributed by atoms with Crippen LogP contribution in [-0.4, -0.2) is 22.2 Å². The van der Waals surface area contributed by atoms with Crippen LogP contribution in [0.2, 0.25) is 0 Å². The molecule has 0 bridgehead atoms. The lowest BCUT2D eigenvalue weighted by atomic mass is 10.1. The zero-order valence-electron chi connectivity index (χ0n) is 6.24. The van der Waals surface area contributed by atoms with Crippen molar-refractivity contribution < 1.29 is 17.9 Å². The molecule has 0 radical (unpaired) electrons. The van der Waals surface area contributed by atoms with Gasteiger partial charge in [-0.15, -0.1) is 0 Å². The average Bonchev–Trinajstić information content (AvgIpc) is 2.05. The first kappa shape index (κ1) is 11.7. The number of rotatable bonds is 0. The van der Waals surface area contributed by atoms with Gasteiger partial charge in [-0.1, -0.05) is 34.8 Å². The molecule has 1 heterocycles. The highest BCUT2D eigenvalue weighted by atomic mass is 35.5. The van der Waals surface area contributed by atoms with Crippen molar-refractivity contribution in [2.24, 2.45) is 0 Å². The van der Waals surface area contributed by atoms with E-state index in [2.05, 4.69) is 4.74 Å². The lowest BCUT2D eigenvalue weighted by Crippen LogP contribution is -2.32. The van der Waals surface area contributed by atoms with Crippen molar-refractivity contribution in [1.82, 2.24) is 0 Å². The maximum atomic E-state index is 12.7. The van der Waals surface area contributed by atoms with Gasteiger partial charge in [-0.05, 0) is 6.42 Å². The molecule has 0 aliphatic carbocycles. The van der Waals surface area contributed by atoms with Crippen molar-refractivity contribution in [3.63, 3.8) is 0 Å². The zero-order chi connectivity index (χ0) is 10.3. The van der Waals surface area contributed by atoms with Crippen LogP contribution in [0.15, 0.2) is 0 Å². The molecule has 78 valence electrons. The quantitative estimate of drug-likeness (QED) is 0.604. The van der Waals surface area contributed by atoms with Crippen LogP contribution in [0.5, 0.6) is 0 Å². The van der Waals surface area contributed by atoms with E-state index in [1.807, 2.05) is 0 Å². The monoisotopic (exact) mass is 256 g/mol. The van der Waals surface area contributed by atoms with Gasteiger partial charge in [-0.25, -0.2) is 13.2 Å². The summed E-state index contributed by atoms with van der Waals surface area (Å²) in [5, 5.41) is 0. The van der Waals surface area contributed by atoms with E-state index in [0.29, 0.717) is 0 Å². The fourth-order valence-electron chi connectivity index (χ4n) is 0.864. The summed E-state index contributed by atoms with van der Waals surface area (Å²) in [6.07, 6.45) is -3.86. The van der Waals surface area contributed by atoms with Gasteiger partial charge in [-0.3, -0.25) is 0 Å². The third-order valence-corrected chi connectivity index (χ3v) is 3.17. The Morgan fingerprint density at radius 3 is 2.31 bits per heavy atom. The zero-order valence-corrected chi connectivity index (χ0v) is 8.51. The van der Waals surface area contributed by atoms with E-state index in [9.17, 15) is 13.2 Å². The molecular formula is C6H6Cl3F3O. The Labute approximate surface area is 88.1 Å². The fourth-order valence-corrected chi connectivity index (χ4v) is 1.36. The second-order valence-electron chi connectivity index (χ2n) is 2.79. The molecule has 1 rings (SSSR count). The lowest BCUT2D eigenvalue weighted by molar-refractivity contribution is -0.195. The molecule has 1 aliphatic heterocycles. The normalized spacial score (nSPS) is 38.3. The number of alkyl halides is 6. The average molecular weight is 257 g/mol. The molecule has 2 unspecified atom stereocenters. The first-order valence-corrected chi connectivity index (χ1v) is 4.64. The molecule has 1 aliphatic rings. The van der Waals surface area contributed by atoms with E-state index >= 15 is 0 Å². The maximum Gasteiger partial charge on any atom is 0.302 e. The minimum Gasteiger partial charge on any atom is -0.321 e. The highest BCUT2D eigenvalue weighted by Crippen LogP contribution is 2.44. The molecule has 1 saturated heterocycles. The third-order valence-electron chi connectivity index (χ3n) is 1.69. The topological polar surface area (TPSA) is 9.23 Å². The standard InChI is InChI=1S/C6H6Cl3F3O/c7-3-5(8,9)1-2-6(11,12)4(10)13-3/h3-4H,1-2H2. The van der Waals surface area contributed by atoms with Gasteiger partial charge >= 0.3 is 5.92 Å². The highest BCUT2D eigenvalue weighted by molar-refractivity contribution is 6.52. The van der Waals surface area contributed by atoms with Crippen LogP contribution in [0, 0.1) is 0 Å². The van der Waals surface area contributed by atoms with Gasteiger partial charge in [0.15, 0.2) is 9.90 Å². The van der Waals surface area contributed by atoms with E-state index in [-0.39, 0.29) is 6.42 Å². The Hall–Kier alpha value is 0.620. The van der Waals surface area contributed by atoms with Crippen molar-refractivity contribution in [2.75, 3.05) is 0 Å². The van der Waals surface area contributed by atoms with Gasteiger partial charge in [0.25, 0.3) is 6.36 Å². The van der Waals surface area contributed by atoms with Crippen LogP contribution in [0.4, 0.5) is 13.2 Å². The SMILES string of the molecule is FC1OC(Cl)C(Cl)(Cl)CCC1(F)F. The number of ether oxygens (including phenoxy) is 1. The fraction of sp³-hybridized carbons (Fsp3) is 1.00. The Morgan fingerprint density at radius 2 is 1.77 bits per heavy atom. The van der Waals surface area contributed by atoms with Gasteiger partial charge in [0, 0.05) is 6.42 Å². The van der Waals surface area contributed by atoms with Crippen molar-refractivity contribution in [1.29, 1.82) is 0 Å². The van der Waals surface area contributed by atoms with E-state index in [0.717, 1.165) is 0 Å². The predicted molar refractivity (Wildman–Crippen MR) is 44.2 cm³/mol. The second-order valence-corrected chi connectivity index (χ2v) is 4.73. The van der Waals surface area contributed by atoms with E-state index < -0.39 is 28.6 Å². The largest absolute Gasteiger partial charge is 0.321 e. The van der Waals surface area contributed by atoms with Gasteiger partial charge in [-0.2, -0.15) is 0 Å². The molecular weight excluding hydrogens is 251 g/mol. The molecule has 0 N–H and O–H groups in total. The number of hydrogen-bond acceptors (Lipinski definition) is 1. The summed E-state index contributed by atoms with van der Waals surface area (Å²) in [6, 6.07) is 0. The van der Waals surface area contributed by atoms with Crippen LogP contribution in [-0.2, 0) is 4.74 Å². The summed E-state index contributed by atoms with van der Waals surface area (Å²) in [5.74, 6) is -3.58. The molecule has 0 aromatic heterocycles. The molecule has 2 atom stereocenters. The third kappa shape index (κ3) is 2.55. The van der Waals surface area contributed by atoms with Crippen molar-refractivity contribution in [3.8, 4) is 0 Å². The van der Waals surface area contributed by atoms with Crippen molar-refractivity contribution >= 4 is 34.8 Å². The molecule has 0 spiro atoms. The van der Waals surface area contributed by atoms with E-state index in [1.165, 1.54) is 0 Å². The van der Waals surface area contributed by atoms with E-state index in [1.54, 1.807) is 0 Å². The molecule has 1 nitrogen and oxygen atoms in total. The summed E-state index contributed by atoms with van der Waals surface area (Å²) >= 11 is 16.4. The maximum absolute atomic E-state index is 12.7. The summed E-state index contributed by atoms with van der Waals surface area (Å²) < 4.78 is 40.5. The first-order chi connectivity index (χ1) is 5.76. The van der Waals surface area contributed by atoms with Crippen LogP contribution in [0.3, 0.4) is 0 Å². The van der Waals surface area contributed by atoms with Crippen molar-refractivity contribution in [3.05, 3.63) is 0 Å². The molecule has 0 amide bonds. The van der Waals surface area contributed by atoms with Gasteiger partial charge < -0.3 is 4.74 Å². The Bertz CT molecular complexity index is 180. The minimum atomic E-state index is -3.58. The summed E-state index contributed by atoms with van der Waals surface area (Å²) in [5.41, 5.74) is -1.47. The first-order valence-electron chi connectivity index (χ1n) is 3.45. The smallest absolute Gasteiger partial charge is 0.302 e. The summed E-state index contributed by atoms with van der Waals surface area (Å²) in [7, 11) is 0. The van der Waals surface area contributed by atoms with Crippen LogP contribution in [0.25, 0.3) is 0 Å². The second kappa shape index (κ2) is 3.65. The Balaban J connectivity index is 2.79. The number of hydrogen-bond donors (Lipinski definition) is 0. The molecule has 0 aromatic carbocycles. The van der Waals surface area contributed by atoms with Gasteiger partial charge in [0.1, 0.15) is 0 Å². The lowest BCUT2D eigenvalue weighted by Gasteiger charge is -2.21. The predicted octanol–water partition coefficient (Wildman–Crippen LogP) is 3.47. The van der Waals surface area contributed by atoms with Gasteiger partial charge in [0.05, 0.1) is 0 Å². The summed E-state index contributed by atoms with van der Waals surface area (Å²) in [4.78, 5) is 0. The Kier molecular flexibility index (Phi) is 3.28. The summed E-state index contributed by atoms with van der Waals surface area (Å²) in [6.45, 7) is 0. The van der Waals surface area contributed by atoms with E-state index in [4.69, 9.17) is 34.8 Å². The molecule has 0 aromatic rings. The molecule has 7 heteroatoms. The van der Waals surface area contributed by atoms with Crippen LogP contribution < -0.4 is 0 Å². The number of halogens is 6. The molecule has 0 saturated carbocycles.